The maximum absolute atomic E-state index is 12.4. The van der Waals surface area contributed by atoms with E-state index in [0.717, 1.165) is 19.6 Å². The highest BCUT2D eigenvalue weighted by molar-refractivity contribution is 7.14. The van der Waals surface area contributed by atoms with Gasteiger partial charge < -0.3 is 20.3 Å². The lowest BCUT2D eigenvalue weighted by molar-refractivity contribution is -0.114. The summed E-state index contributed by atoms with van der Waals surface area (Å²) in [5, 5.41) is 7.37. The average Bonchev–Trinajstić information content (AvgIpc) is 3.08. The molecule has 0 saturated carbocycles. The number of carbonyl (C=O) groups is 2. The second-order valence-electron chi connectivity index (χ2n) is 5.54. The van der Waals surface area contributed by atoms with Crippen LogP contribution < -0.4 is 15.4 Å². The number of ether oxygens (including phenoxy) is 1. The normalized spacial score (nSPS) is 10.6. The van der Waals surface area contributed by atoms with E-state index in [4.69, 9.17) is 4.74 Å². The molecular formula is C18H24N4O3S. The molecule has 2 aromatic rings. The van der Waals surface area contributed by atoms with Crippen LogP contribution in [0.4, 0.5) is 10.8 Å². The number of para-hydroxylation sites is 2. The number of aromatic nitrogens is 1. The first-order valence-electron chi connectivity index (χ1n) is 8.52. The zero-order valence-electron chi connectivity index (χ0n) is 15.2. The molecule has 8 heteroatoms. The van der Waals surface area contributed by atoms with Gasteiger partial charge in [0.15, 0.2) is 5.13 Å². The number of hydrogen-bond donors (Lipinski definition) is 2. The summed E-state index contributed by atoms with van der Waals surface area (Å²) in [5.74, 6) is 0.0428. The molecule has 140 valence electrons. The molecule has 0 aliphatic heterocycles. The van der Waals surface area contributed by atoms with Crippen LogP contribution in [-0.2, 0) is 4.79 Å². The van der Waals surface area contributed by atoms with Gasteiger partial charge in [-0.05, 0) is 25.2 Å². The Hall–Kier alpha value is -2.45. The molecule has 0 saturated heterocycles. The van der Waals surface area contributed by atoms with Gasteiger partial charge in [0.2, 0.25) is 5.91 Å². The molecule has 0 aliphatic carbocycles. The van der Waals surface area contributed by atoms with Crippen molar-refractivity contribution in [2.75, 3.05) is 36.9 Å². The van der Waals surface area contributed by atoms with Gasteiger partial charge in [0.05, 0.1) is 5.69 Å². The summed E-state index contributed by atoms with van der Waals surface area (Å²) in [4.78, 5) is 29.8. The molecule has 7 nitrogen and oxygen atoms in total. The van der Waals surface area contributed by atoms with Crippen molar-refractivity contribution in [2.24, 2.45) is 0 Å². The van der Waals surface area contributed by atoms with Gasteiger partial charge in [-0.2, -0.15) is 0 Å². The van der Waals surface area contributed by atoms with Gasteiger partial charge >= 0.3 is 0 Å². The van der Waals surface area contributed by atoms with Crippen LogP contribution in [0.15, 0.2) is 29.6 Å². The summed E-state index contributed by atoms with van der Waals surface area (Å²) in [6, 6.07) is 7.30. The second-order valence-corrected chi connectivity index (χ2v) is 6.40. The molecule has 0 unspecified atom stereocenters. The zero-order chi connectivity index (χ0) is 18.9. The topological polar surface area (TPSA) is 83.6 Å². The minimum Gasteiger partial charge on any atom is -0.490 e. The fourth-order valence-corrected chi connectivity index (χ4v) is 3.03. The molecule has 26 heavy (non-hydrogen) atoms. The Morgan fingerprint density at radius 1 is 1.19 bits per heavy atom. The Labute approximate surface area is 157 Å². The van der Waals surface area contributed by atoms with Gasteiger partial charge in [0.25, 0.3) is 5.91 Å². The van der Waals surface area contributed by atoms with Crippen LogP contribution in [0, 0.1) is 0 Å². The van der Waals surface area contributed by atoms with E-state index >= 15 is 0 Å². The Kier molecular flexibility index (Phi) is 7.55. The first-order chi connectivity index (χ1) is 12.5. The van der Waals surface area contributed by atoms with E-state index in [1.54, 1.807) is 11.4 Å². The lowest BCUT2D eigenvalue weighted by atomic mass is 10.3. The number of nitrogens with one attached hydrogen (secondary N) is 2. The molecule has 1 aromatic carbocycles. The van der Waals surface area contributed by atoms with Crippen LogP contribution in [0.25, 0.3) is 0 Å². The monoisotopic (exact) mass is 376 g/mol. The van der Waals surface area contributed by atoms with E-state index in [-0.39, 0.29) is 17.5 Å². The molecular weight excluding hydrogens is 352 g/mol. The lowest BCUT2D eigenvalue weighted by Crippen LogP contribution is -2.28. The van der Waals surface area contributed by atoms with Gasteiger partial charge in [-0.1, -0.05) is 26.0 Å². The number of likely N-dealkylation sites (N-methyl/N-ethyl adjacent to an activating group) is 1. The molecule has 2 rings (SSSR count). The maximum Gasteiger partial charge on any atom is 0.275 e. The molecule has 0 aliphatic rings. The third-order valence-electron chi connectivity index (χ3n) is 3.71. The van der Waals surface area contributed by atoms with Crippen molar-refractivity contribution in [3.8, 4) is 5.75 Å². The largest absolute Gasteiger partial charge is 0.490 e. The highest BCUT2D eigenvalue weighted by Gasteiger charge is 2.14. The fourth-order valence-electron chi connectivity index (χ4n) is 2.29. The van der Waals surface area contributed by atoms with Gasteiger partial charge in [-0.15, -0.1) is 11.3 Å². The van der Waals surface area contributed by atoms with E-state index in [1.165, 1.54) is 18.3 Å². The van der Waals surface area contributed by atoms with Crippen LogP contribution in [0.1, 0.15) is 31.3 Å². The Balaban J connectivity index is 1.99. The van der Waals surface area contributed by atoms with Crippen molar-refractivity contribution in [2.45, 2.75) is 20.8 Å². The summed E-state index contributed by atoms with van der Waals surface area (Å²) in [6.45, 7) is 8.92. The van der Waals surface area contributed by atoms with E-state index < -0.39 is 0 Å². The average molecular weight is 376 g/mol. The van der Waals surface area contributed by atoms with Gasteiger partial charge in [0, 0.05) is 18.8 Å². The quantitative estimate of drug-likeness (QED) is 0.703. The van der Waals surface area contributed by atoms with Crippen molar-refractivity contribution < 1.29 is 14.3 Å². The van der Waals surface area contributed by atoms with Crippen LogP contribution in [-0.4, -0.2) is 47.9 Å². The molecule has 0 bridgehead atoms. The summed E-state index contributed by atoms with van der Waals surface area (Å²) >= 11 is 1.20. The second kappa shape index (κ2) is 9.88. The minimum atomic E-state index is -0.349. The fraction of sp³-hybridized carbons (Fsp3) is 0.389. The Morgan fingerprint density at radius 3 is 2.62 bits per heavy atom. The summed E-state index contributed by atoms with van der Waals surface area (Å²) in [7, 11) is 0. The molecule has 1 aromatic heterocycles. The number of rotatable bonds is 9. The van der Waals surface area contributed by atoms with E-state index in [1.807, 2.05) is 18.2 Å². The standard InChI is InChI=1S/C18H24N4O3S/c1-4-22(5-2)10-11-25-16-9-7-6-8-14(16)20-17(24)15-12-26-18(21-15)19-13(3)23/h6-9,12H,4-5,10-11H2,1-3H3,(H,20,24)(H,19,21,23). The zero-order valence-corrected chi connectivity index (χ0v) is 16.1. The van der Waals surface area contributed by atoms with Crippen LogP contribution in [0.3, 0.4) is 0 Å². The number of nitrogens with zero attached hydrogens (tertiary/aromatic N) is 2. The van der Waals surface area contributed by atoms with Crippen LogP contribution >= 0.6 is 11.3 Å². The molecule has 0 spiro atoms. The number of benzene rings is 1. The molecule has 2 N–H and O–H groups in total. The summed E-state index contributed by atoms with van der Waals surface area (Å²) in [5.41, 5.74) is 0.836. The predicted octanol–water partition coefficient (Wildman–Crippen LogP) is 3.07. The number of carbonyl (C=O) groups excluding carboxylic acids is 2. The molecule has 2 amide bonds. The first kappa shape index (κ1) is 19.9. The molecule has 0 fully saturated rings. The summed E-state index contributed by atoms with van der Waals surface area (Å²) < 4.78 is 5.83. The van der Waals surface area contributed by atoms with E-state index in [9.17, 15) is 9.59 Å². The van der Waals surface area contributed by atoms with Crippen molar-refractivity contribution in [1.29, 1.82) is 0 Å². The van der Waals surface area contributed by atoms with Crippen LogP contribution in [0.2, 0.25) is 0 Å². The number of hydrogen-bond acceptors (Lipinski definition) is 6. The number of thiazole rings is 1. The van der Waals surface area contributed by atoms with Crippen molar-refractivity contribution >= 4 is 34.0 Å². The van der Waals surface area contributed by atoms with Crippen LogP contribution in [0.5, 0.6) is 5.75 Å². The predicted molar refractivity (Wildman–Crippen MR) is 104 cm³/mol. The molecule has 0 atom stereocenters. The molecule has 1 heterocycles. The van der Waals surface area contributed by atoms with E-state index in [2.05, 4.69) is 34.4 Å². The highest BCUT2D eigenvalue weighted by atomic mass is 32.1. The summed E-state index contributed by atoms with van der Waals surface area (Å²) in [6.07, 6.45) is 0. The van der Waals surface area contributed by atoms with Crippen molar-refractivity contribution in [1.82, 2.24) is 9.88 Å². The third-order valence-corrected chi connectivity index (χ3v) is 4.47. The first-order valence-corrected chi connectivity index (χ1v) is 9.40. The smallest absolute Gasteiger partial charge is 0.275 e. The lowest BCUT2D eigenvalue weighted by Gasteiger charge is -2.19. The Bertz CT molecular complexity index is 744. The number of anilines is 2. The van der Waals surface area contributed by atoms with Crippen molar-refractivity contribution in [3.63, 3.8) is 0 Å². The highest BCUT2D eigenvalue weighted by Crippen LogP contribution is 2.25. The van der Waals surface area contributed by atoms with Crippen molar-refractivity contribution in [3.05, 3.63) is 35.3 Å². The SMILES string of the molecule is CCN(CC)CCOc1ccccc1NC(=O)c1csc(NC(C)=O)n1. The third kappa shape index (κ3) is 5.82. The molecule has 0 radical (unpaired) electrons. The van der Waals surface area contributed by atoms with Gasteiger partial charge in [0.1, 0.15) is 18.1 Å². The van der Waals surface area contributed by atoms with E-state index in [0.29, 0.717) is 23.2 Å². The number of amides is 2. The van der Waals surface area contributed by atoms with Gasteiger partial charge in [-0.25, -0.2) is 4.98 Å². The Morgan fingerprint density at radius 2 is 1.92 bits per heavy atom. The van der Waals surface area contributed by atoms with Gasteiger partial charge in [-0.3, -0.25) is 9.59 Å². The maximum atomic E-state index is 12.4. The minimum absolute atomic E-state index is 0.224.